The summed E-state index contributed by atoms with van der Waals surface area (Å²) in [6, 6.07) is 0. The summed E-state index contributed by atoms with van der Waals surface area (Å²) in [7, 11) is 0. The van der Waals surface area contributed by atoms with Gasteiger partial charge >= 0.3 is 0 Å². The molecule has 6 nitrogen and oxygen atoms in total. The van der Waals surface area contributed by atoms with Gasteiger partial charge in [0.1, 0.15) is 6.33 Å². The molecule has 3 rings (SSSR count). The van der Waals surface area contributed by atoms with Crippen LogP contribution >= 0.6 is 0 Å². The molecular weight excluding hydrogens is 290 g/mol. The smallest absolute Gasteiger partial charge is 0.252 e. The molecule has 0 radical (unpaired) electrons. The number of hydrogen-bond acceptors (Lipinski definition) is 4. The molecule has 1 amide bonds. The lowest BCUT2D eigenvalue weighted by atomic mass is 9.91. The molecule has 2 aromatic heterocycles. The van der Waals surface area contributed by atoms with E-state index in [-0.39, 0.29) is 5.91 Å². The molecule has 3 heterocycles. The molecular formula is C17H25N5O. The quantitative estimate of drug-likeness (QED) is 0.871. The van der Waals surface area contributed by atoms with Gasteiger partial charge in [-0.1, -0.05) is 13.8 Å². The maximum atomic E-state index is 12.6. The molecule has 6 heteroatoms. The van der Waals surface area contributed by atoms with Crippen LogP contribution in [0.2, 0.25) is 0 Å². The average Bonchev–Trinajstić information content (AvgIpc) is 2.94. The van der Waals surface area contributed by atoms with Crippen molar-refractivity contribution in [2.24, 2.45) is 11.8 Å². The van der Waals surface area contributed by atoms with Gasteiger partial charge in [0.25, 0.3) is 5.78 Å². The molecule has 0 unspecified atom stereocenters. The normalized spacial score (nSPS) is 21.8. The highest BCUT2D eigenvalue weighted by molar-refractivity contribution is 5.76. The number of nitrogens with zero attached hydrogens (tertiary/aromatic N) is 5. The second-order valence-corrected chi connectivity index (χ2v) is 6.98. The lowest BCUT2D eigenvalue weighted by molar-refractivity contribution is -0.133. The molecule has 2 aromatic rings. The van der Waals surface area contributed by atoms with Gasteiger partial charge in [-0.2, -0.15) is 10.1 Å². The highest BCUT2D eigenvalue weighted by Gasteiger charge is 2.25. The average molecular weight is 315 g/mol. The first-order chi connectivity index (χ1) is 11.0. The Morgan fingerprint density at radius 3 is 2.65 bits per heavy atom. The molecule has 0 aliphatic carbocycles. The lowest BCUT2D eigenvalue weighted by Gasteiger charge is -2.35. The van der Waals surface area contributed by atoms with Crippen LogP contribution in [0, 0.1) is 25.7 Å². The van der Waals surface area contributed by atoms with Crippen LogP contribution in [0.3, 0.4) is 0 Å². The fourth-order valence-corrected chi connectivity index (χ4v) is 3.77. The number of carbonyl (C=O) groups excluding carboxylic acids is 1. The number of aryl methyl sites for hydroxylation is 2. The third-order valence-electron chi connectivity index (χ3n) is 4.80. The van der Waals surface area contributed by atoms with Crippen molar-refractivity contribution in [2.45, 2.75) is 47.0 Å². The summed E-state index contributed by atoms with van der Waals surface area (Å²) in [5.74, 6) is 2.06. The maximum absolute atomic E-state index is 12.6. The molecule has 1 saturated heterocycles. The number of aromatic nitrogens is 4. The minimum absolute atomic E-state index is 0.251. The minimum Gasteiger partial charge on any atom is -0.342 e. The van der Waals surface area contributed by atoms with E-state index < -0.39 is 0 Å². The van der Waals surface area contributed by atoms with Crippen molar-refractivity contribution in [3.8, 4) is 0 Å². The Morgan fingerprint density at radius 2 is 1.96 bits per heavy atom. The van der Waals surface area contributed by atoms with E-state index in [2.05, 4.69) is 28.9 Å². The third-order valence-corrected chi connectivity index (χ3v) is 4.80. The Hall–Kier alpha value is -1.98. The van der Waals surface area contributed by atoms with Gasteiger partial charge < -0.3 is 4.90 Å². The standard InChI is InChI=1S/C17H25N5O/c1-11-7-12(2)9-21(8-11)16(23)6-5-15-13(3)20-17-18-10-19-22(17)14(15)4/h10-12H,5-9H2,1-4H3/t11-,12-/m1/s1. The van der Waals surface area contributed by atoms with Crippen LogP contribution in [0.4, 0.5) is 0 Å². The molecule has 0 N–H and O–H groups in total. The molecule has 1 aliphatic heterocycles. The zero-order chi connectivity index (χ0) is 16.6. The van der Waals surface area contributed by atoms with Crippen LogP contribution in [0.1, 0.15) is 43.6 Å². The number of carbonyl (C=O) groups is 1. The van der Waals surface area contributed by atoms with E-state index in [9.17, 15) is 4.79 Å². The summed E-state index contributed by atoms with van der Waals surface area (Å²) in [6.07, 6.45) is 3.97. The van der Waals surface area contributed by atoms with Gasteiger partial charge in [-0.05, 0) is 44.1 Å². The van der Waals surface area contributed by atoms with E-state index in [1.165, 1.54) is 12.7 Å². The number of piperidine rings is 1. The summed E-state index contributed by atoms with van der Waals surface area (Å²) < 4.78 is 1.75. The first kappa shape index (κ1) is 15.9. The number of amides is 1. The van der Waals surface area contributed by atoms with E-state index in [4.69, 9.17) is 0 Å². The number of fused-ring (bicyclic) bond motifs is 1. The van der Waals surface area contributed by atoms with E-state index >= 15 is 0 Å². The van der Waals surface area contributed by atoms with Gasteiger partial charge in [-0.15, -0.1) is 0 Å². The van der Waals surface area contributed by atoms with Crippen LogP contribution in [0.25, 0.3) is 5.78 Å². The summed E-state index contributed by atoms with van der Waals surface area (Å²) in [5, 5.41) is 4.20. The summed E-state index contributed by atoms with van der Waals surface area (Å²) in [4.78, 5) is 23.2. The lowest BCUT2D eigenvalue weighted by Crippen LogP contribution is -2.42. The SMILES string of the molecule is Cc1nc2ncnn2c(C)c1CCC(=O)N1C[C@H](C)C[C@@H](C)C1. The molecule has 0 bridgehead atoms. The molecule has 1 aliphatic rings. The van der Waals surface area contributed by atoms with Crippen molar-refractivity contribution in [1.82, 2.24) is 24.5 Å². The summed E-state index contributed by atoms with van der Waals surface area (Å²) in [6.45, 7) is 10.2. The predicted octanol–water partition coefficient (Wildman–Crippen LogP) is 2.18. The number of rotatable bonds is 3. The Balaban J connectivity index is 1.72. The molecule has 0 saturated carbocycles. The number of hydrogen-bond donors (Lipinski definition) is 0. The highest BCUT2D eigenvalue weighted by Crippen LogP contribution is 2.22. The minimum atomic E-state index is 0.251. The summed E-state index contributed by atoms with van der Waals surface area (Å²) in [5.41, 5.74) is 3.07. The van der Waals surface area contributed by atoms with Gasteiger partial charge in [0.05, 0.1) is 0 Å². The van der Waals surface area contributed by atoms with Crippen molar-refractivity contribution in [3.63, 3.8) is 0 Å². The van der Waals surface area contributed by atoms with Gasteiger partial charge in [0.15, 0.2) is 0 Å². The largest absolute Gasteiger partial charge is 0.342 e. The molecule has 124 valence electrons. The molecule has 2 atom stereocenters. The molecule has 1 fully saturated rings. The van der Waals surface area contributed by atoms with Crippen LogP contribution < -0.4 is 0 Å². The van der Waals surface area contributed by atoms with E-state index in [0.717, 1.165) is 30.0 Å². The third kappa shape index (κ3) is 3.21. The van der Waals surface area contributed by atoms with Crippen molar-refractivity contribution in [1.29, 1.82) is 0 Å². The first-order valence-corrected chi connectivity index (χ1v) is 8.39. The van der Waals surface area contributed by atoms with E-state index in [0.29, 0.717) is 30.5 Å². The van der Waals surface area contributed by atoms with Crippen molar-refractivity contribution in [2.75, 3.05) is 13.1 Å². The van der Waals surface area contributed by atoms with Crippen molar-refractivity contribution >= 4 is 11.7 Å². The zero-order valence-electron chi connectivity index (χ0n) is 14.4. The van der Waals surface area contributed by atoms with Crippen molar-refractivity contribution < 1.29 is 4.79 Å². The Labute approximate surface area is 136 Å². The fourth-order valence-electron chi connectivity index (χ4n) is 3.77. The van der Waals surface area contributed by atoms with Crippen LogP contribution in [0.5, 0.6) is 0 Å². The second kappa shape index (κ2) is 6.26. The summed E-state index contributed by atoms with van der Waals surface area (Å²) >= 11 is 0. The highest BCUT2D eigenvalue weighted by atomic mass is 16.2. The van der Waals surface area contributed by atoms with Crippen LogP contribution in [-0.4, -0.2) is 43.5 Å². The Bertz CT molecular complexity index is 713. The molecule has 0 aromatic carbocycles. The Morgan fingerprint density at radius 1 is 1.26 bits per heavy atom. The van der Waals surface area contributed by atoms with Gasteiger partial charge in [0, 0.05) is 30.9 Å². The van der Waals surface area contributed by atoms with Crippen LogP contribution in [0.15, 0.2) is 6.33 Å². The number of likely N-dealkylation sites (tertiary alicyclic amines) is 1. The first-order valence-electron chi connectivity index (χ1n) is 8.39. The monoisotopic (exact) mass is 315 g/mol. The topological polar surface area (TPSA) is 63.4 Å². The van der Waals surface area contributed by atoms with Crippen LogP contribution in [-0.2, 0) is 11.2 Å². The van der Waals surface area contributed by atoms with Crippen molar-refractivity contribution in [3.05, 3.63) is 23.3 Å². The second-order valence-electron chi connectivity index (χ2n) is 6.98. The molecule has 23 heavy (non-hydrogen) atoms. The predicted molar refractivity (Wildman–Crippen MR) is 88.1 cm³/mol. The van der Waals surface area contributed by atoms with E-state index in [1.54, 1.807) is 4.52 Å². The fraction of sp³-hybridized carbons (Fsp3) is 0.647. The van der Waals surface area contributed by atoms with Gasteiger partial charge in [-0.25, -0.2) is 9.50 Å². The van der Waals surface area contributed by atoms with Gasteiger partial charge in [0.2, 0.25) is 5.91 Å². The maximum Gasteiger partial charge on any atom is 0.252 e. The molecule has 0 spiro atoms. The zero-order valence-corrected chi connectivity index (χ0v) is 14.4. The van der Waals surface area contributed by atoms with E-state index in [1.807, 2.05) is 18.7 Å². The van der Waals surface area contributed by atoms with Gasteiger partial charge in [-0.3, -0.25) is 4.79 Å². The Kier molecular flexibility index (Phi) is 4.33.